The van der Waals surface area contributed by atoms with Crippen LogP contribution in [0.3, 0.4) is 0 Å². The minimum absolute atomic E-state index is 1.08. The molecular weight excluding hydrogens is 448 g/mol. The molecule has 130 valence electrons. The number of hydrogen-bond donors (Lipinski definition) is 0. The third-order valence-electron chi connectivity index (χ3n) is 4.11. The maximum atomic E-state index is 3.70. The molecule has 26 heavy (non-hydrogen) atoms. The Morgan fingerprint density at radius 1 is 0.577 bits per heavy atom. The third kappa shape index (κ3) is 5.06. The van der Waals surface area contributed by atoms with Gasteiger partial charge in [0.1, 0.15) is 0 Å². The first kappa shape index (κ1) is 18.9. The quantitative estimate of drug-likeness (QED) is 0.339. The summed E-state index contributed by atoms with van der Waals surface area (Å²) in [5, 5.41) is 0. The highest BCUT2D eigenvalue weighted by molar-refractivity contribution is 9.11. The van der Waals surface area contributed by atoms with Gasteiger partial charge in [-0.15, -0.1) is 0 Å². The minimum Gasteiger partial charge on any atom is -0.0614 e. The summed E-state index contributed by atoms with van der Waals surface area (Å²) in [7, 11) is 0. The van der Waals surface area contributed by atoms with E-state index >= 15 is 0 Å². The molecule has 0 heterocycles. The summed E-state index contributed by atoms with van der Waals surface area (Å²) in [4.78, 5) is 0. The van der Waals surface area contributed by atoms with Crippen LogP contribution in [0.4, 0.5) is 0 Å². The van der Waals surface area contributed by atoms with Crippen molar-refractivity contribution in [3.8, 4) is 0 Å². The van der Waals surface area contributed by atoms with E-state index in [-0.39, 0.29) is 0 Å². The lowest BCUT2D eigenvalue weighted by atomic mass is 10.1. The molecule has 2 heteroatoms. The molecule has 0 radical (unpaired) electrons. The standard InChI is InChI=1S/C24H20Br2/c1-17-5-3-7-19(13-17)9-11-21-15-24(26)22(16-23(21)25)12-10-20-8-4-6-18(2)14-20/h3-16H,1-2H3. The summed E-state index contributed by atoms with van der Waals surface area (Å²) >= 11 is 7.40. The Hall–Kier alpha value is -1.90. The van der Waals surface area contributed by atoms with E-state index in [2.05, 4.69) is 131 Å². The molecule has 3 rings (SSSR count). The largest absolute Gasteiger partial charge is 0.0614 e. The zero-order valence-electron chi connectivity index (χ0n) is 14.8. The molecule has 0 aromatic heterocycles. The smallest absolute Gasteiger partial charge is 0.0254 e. The summed E-state index contributed by atoms with van der Waals surface area (Å²) in [5.74, 6) is 0. The molecule has 0 amide bonds. The van der Waals surface area contributed by atoms with E-state index in [1.165, 1.54) is 22.3 Å². The molecule has 0 fully saturated rings. The van der Waals surface area contributed by atoms with Gasteiger partial charge in [0.15, 0.2) is 0 Å². The van der Waals surface area contributed by atoms with Crippen LogP contribution >= 0.6 is 31.9 Å². The molecule has 3 aromatic rings. The molecule has 0 unspecified atom stereocenters. The van der Waals surface area contributed by atoms with Gasteiger partial charge in [-0.3, -0.25) is 0 Å². The van der Waals surface area contributed by atoms with Crippen molar-refractivity contribution < 1.29 is 0 Å². The van der Waals surface area contributed by atoms with E-state index < -0.39 is 0 Å². The predicted molar refractivity (Wildman–Crippen MR) is 122 cm³/mol. The Labute approximate surface area is 172 Å². The van der Waals surface area contributed by atoms with Gasteiger partial charge >= 0.3 is 0 Å². The van der Waals surface area contributed by atoms with Gasteiger partial charge in [0.25, 0.3) is 0 Å². The van der Waals surface area contributed by atoms with Gasteiger partial charge in [0, 0.05) is 8.95 Å². The Kier molecular flexibility index (Phi) is 6.29. The second-order valence-corrected chi connectivity index (χ2v) is 8.10. The molecular formula is C24H20Br2. The van der Waals surface area contributed by atoms with Crippen LogP contribution in [0.2, 0.25) is 0 Å². The number of benzene rings is 3. The van der Waals surface area contributed by atoms with Crippen molar-refractivity contribution in [3.63, 3.8) is 0 Å². The van der Waals surface area contributed by atoms with Crippen LogP contribution in [0.5, 0.6) is 0 Å². The maximum Gasteiger partial charge on any atom is 0.0254 e. The van der Waals surface area contributed by atoms with E-state index in [4.69, 9.17) is 0 Å². The van der Waals surface area contributed by atoms with Crippen molar-refractivity contribution in [1.82, 2.24) is 0 Å². The normalized spacial score (nSPS) is 11.5. The van der Waals surface area contributed by atoms with Crippen molar-refractivity contribution in [1.29, 1.82) is 0 Å². The van der Waals surface area contributed by atoms with Crippen molar-refractivity contribution in [3.05, 3.63) is 103 Å². The van der Waals surface area contributed by atoms with E-state index in [0.717, 1.165) is 20.1 Å². The number of halogens is 2. The lowest BCUT2D eigenvalue weighted by Gasteiger charge is -2.05. The Morgan fingerprint density at radius 2 is 1.00 bits per heavy atom. The van der Waals surface area contributed by atoms with Crippen LogP contribution in [-0.4, -0.2) is 0 Å². The molecule has 0 N–H and O–H groups in total. The first-order valence-electron chi connectivity index (χ1n) is 8.50. The molecule has 0 aliphatic carbocycles. The van der Waals surface area contributed by atoms with Crippen molar-refractivity contribution in [2.75, 3.05) is 0 Å². The second kappa shape index (κ2) is 8.66. The number of hydrogen-bond acceptors (Lipinski definition) is 0. The minimum atomic E-state index is 1.08. The van der Waals surface area contributed by atoms with Gasteiger partial charge in [-0.05, 0) is 48.2 Å². The molecule has 0 saturated carbocycles. The SMILES string of the molecule is Cc1cccc(C=Cc2cc(Br)c(C=Cc3cccc(C)c3)cc2Br)c1. The van der Waals surface area contributed by atoms with Crippen LogP contribution in [0.15, 0.2) is 69.6 Å². The summed E-state index contributed by atoms with van der Waals surface area (Å²) < 4.78 is 2.15. The summed E-state index contributed by atoms with van der Waals surface area (Å²) in [5.41, 5.74) is 7.23. The lowest BCUT2D eigenvalue weighted by molar-refractivity contribution is 1.46. The van der Waals surface area contributed by atoms with Gasteiger partial charge in [0.2, 0.25) is 0 Å². The van der Waals surface area contributed by atoms with E-state index in [1.54, 1.807) is 0 Å². The van der Waals surface area contributed by atoms with Crippen LogP contribution in [0.1, 0.15) is 33.4 Å². The fourth-order valence-electron chi connectivity index (χ4n) is 2.75. The predicted octanol–water partition coefficient (Wildman–Crippen LogP) is 8.17. The zero-order chi connectivity index (χ0) is 18.5. The molecule has 0 aliphatic rings. The van der Waals surface area contributed by atoms with Crippen LogP contribution < -0.4 is 0 Å². The van der Waals surface area contributed by atoms with Crippen molar-refractivity contribution in [2.45, 2.75) is 13.8 Å². The number of rotatable bonds is 4. The Morgan fingerprint density at radius 3 is 1.38 bits per heavy atom. The zero-order valence-corrected chi connectivity index (χ0v) is 18.0. The van der Waals surface area contributed by atoms with Gasteiger partial charge in [0.05, 0.1) is 0 Å². The van der Waals surface area contributed by atoms with E-state index in [0.29, 0.717) is 0 Å². The van der Waals surface area contributed by atoms with Crippen LogP contribution in [-0.2, 0) is 0 Å². The summed E-state index contributed by atoms with van der Waals surface area (Å²) in [6.45, 7) is 4.22. The maximum absolute atomic E-state index is 3.70. The van der Waals surface area contributed by atoms with Crippen molar-refractivity contribution in [2.24, 2.45) is 0 Å². The van der Waals surface area contributed by atoms with Crippen LogP contribution in [0, 0.1) is 13.8 Å². The molecule has 3 aromatic carbocycles. The van der Waals surface area contributed by atoms with E-state index in [9.17, 15) is 0 Å². The molecule has 0 nitrogen and oxygen atoms in total. The molecule has 0 bridgehead atoms. The molecule has 0 aliphatic heterocycles. The van der Waals surface area contributed by atoms with Gasteiger partial charge in [-0.1, -0.05) is 116 Å². The second-order valence-electron chi connectivity index (χ2n) is 6.39. The molecule has 0 saturated heterocycles. The topological polar surface area (TPSA) is 0 Å². The highest BCUT2D eigenvalue weighted by Gasteiger charge is 2.03. The average Bonchev–Trinajstić information content (AvgIpc) is 2.61. The summed E-state index contributed by atoms with van der Waals surface area (Å²) in [6.07, 6.45) is 8.55. The van der Waals surface area contributed by atoms with Crippen LogP contribution in [0.25, 0.3) is 24.3 Å². The van der Waals surface area contributed by atoms with Gasteiger partial charge in [-0.2, -0.15) is 0 Å². The van der Waals surface area contributed by atoms with Crippen molar-refractivity contribution >= 4 is 56.2 Å². The van der Waals surface area contributed by atoms with Gasteiger partial charge < -0.3 is 0 Å². The highest BCUT2D eigenvalue weighted by Crippen LogP contribution is 2.29. The monoisotopic (exact) mass is 466 g/mol. The van der Waals surface area contributed by atoms with Gasteiger partial charge in [-0.25, -0.2) is 0 Å². The third-order valence-corrected chi connectivity index (χ3v) is 5.48. The Balaban J connectivity index is 1.84. The summed E-state index contributed by atoms with van der Waals surface area (Å²) in [6, 6.07) is 21.3. The first-order chi connectivity index (χ1) is 12.5. The highest BCUT2D eigenvalue weighted by atomic mass is 79.9. The fourth-order valence-corrected chi connectivity index (χ4v) is 3.74. The first-order valence-corrected chi connectivity index (χ1v) is 10.1. The number of aryl methyl sites for hydroxylation is 2. The molecule has 0 atom stereocenters. The molecule has 0 spiro atoms. The fraction of sp³-hybridized carbons (Fsp3) is 0.0833. The average molecular weight is 468 g/mol. The van der Waals surface area contributed by atoms with E-state index in [1.807, 2.05) is 0 Å². The lowest BCUT2D eigenvalue weighted by Crippen LogP contribution is -1.83. The Bertz CT molecular complexity index is 900.